The van der Waals surface area contributed by atoms with Crippen LogP contribution < -0.4 is 11.2 Å². The van der Waals surface area contributed by atoms with Crippen molar-refractivity contribution in [3.8, 4) is 0 Å². The van der Waals surface area contributed by atoms with E-state index in [0.29, 0.717) is 23.6 Å². The largest absolute Gasteiger partial charge is 0.428 e. The van der Waals surface area contributed by atoms with Gasteiger partial charge in [-0.3, -0.25) is 18.3 Å². The standard InChI is InChI=1S/C20H30N4O3/c1-5-6-7-8-9-10-11-12-13-23-18(25)16-17(22(4)20(23)26)21-19-24(16)14(2)15(3)27-19/h5-13H2,1-4H3. The van der Waals surface area contributed by atoms with E-state index in [4.69, 9.17) is 4.42 Å². The van der Waals surface area contributed by atoms with Gasteiger partial charge in [0.2, 0.25) is 0 Å². The molecule has 7 heteroatoms. The maximum Gasteiger partial charge on any atom is 0.332 e. The smallest absolute Gasteiger partial charge is 0.332 e. The van der Waals surface area contributed by atoms with Crippen LogP contribution in [0.15, 0.2) is 14.0 Å². The number of rotatable bonds is 9. The number of oxazole rings is 1. The predicted molar refractivity (Wildman–Crippen MR) is 107 cm³/mol. The second-order valence-corrected chi connectivity index (χ2v) is 7.42. The third-order valence-corrected chi connectivity index (χ3v) is 5.44. The number of fused-ring (bicyclic) bond motifs is 3. The van der Waals surface area contributed by atoms with E-state index < -0.39 is 0 Å². The van der Waals surface area contributed by atoms with Gasteiger partial charge in [0.15, 0.2) is 11.2 Å². The topological polar surface area (TPSA) is 74.4 Å². The van der Waals surface area contributed by atoms with E-state index in [0.717, 1.165) is 30.7 Å². The summed E-state index contributed by atoms with van der Waals surface area (Å²) in [5, 5.41) is 0. The zero-order valence-electron chi connectivity index (χ0n) is 16.9. The van der Waals surface area contributed by atoms with Crippen LogP contribution in [0.4, 0.5) is 0 Å². The van der Waals surface area contributed by atoms with Crippen molar-refractivity contribution in [2.75, 3.05) is 0 Å². The molecule has 0 radical (unpaired) electrons. The number of unbranched alkanes of at least 4 members (excludes halogenated alkanes) is 7. The lowest BCUT2D eigenvalue weighted by atomic mass is 10.1. The van der Waals surface area contributed by atoms with Crippen molar-refractivity contribution < 1.29 is 4.42 Å². The average molecular weight is 374 g/mol. The first-order valence-electron chi connectivity index (χ1n) is 10.0. The lowest BCUT2D eigenvalue weighted by Crippen LogP contribution is -2.39. The summed E-state index contributed by atoms with van der Waals surface area (Å²) in [7, 11) is 1.66. The zero-order valence-corrected chi connectivity index (χ0v) is 16.9. The van der Waals surface area contributed by atoms with Crippen LogP contribution in [-0.2, 0) is 13.6 Å². The Labute approximate surface area is 158 Å². The molecule has 0 aliphatic carbocycles. The second kappa shape index (κ2) is 8.15. The van der Waals surface area contributed by atoms with Crippen LogP contribution in [0.1, 0.15) is 69.7 Å². The Hall–Kier alpha value is -2.31. The molecule has 0 saturated carbocycles. The molecule has 0 fully saturated rings. The van der Waals surface area contributed by atoms with Crippen LogP contribution in [0.25, 0.3) is 17.0 Å². The van der Waals surface area contributed by atoms with Gasteiger partial charge in [-0.1, -0.05) is 51.9 Å². The SMILES string of the molecule is CCCCCCCCCCn1c(=O)c2c(nc3oc(C)c(C)n32)n(C)c1=O. The highest BCUT2D eigenvalue weighted by atomic mass is 16.4. The van der Waals surface area contributed by atoms with Gasteiger partial charge in [-0.25, -0.2) is 4.79 Å². The molecule has 27 heavy (non-hydrogen) atoms. The highest BCUT2D eigenvalue weighted by molar-refractivity contribution is 5.75. The maximum absolute atomic E-state index is 13.0. The molecule has 3 aromatic heterocycles. The Morgan fingerprint density at radius 3 is 2.26 bits per heavy atom. The van der Waals surface area contributed by atoms with E-state index in [2.05, 4.69) is 11.9 Å². The Kier molecular flexibility index (Phi) is 5.87. The van der Waals surface area contributed by atoms with E-state index in [1.165, 1.54) is 41.2 Å². The fourth-order valence-electron chi connectivity index (χ4n) is 3.65. The molecule has 7 nitrogen and oxygen atoms in total. The van der Waals surface area contributed by atoms with Gasteiger partial charge in [-0.2, -0.15) is 4.98 Å². The lowest BCUT2D eigenvalue weighted by Gasteiger charge is -2.08. The molecule has 0 unspecified atom stereocenters. The van der Waals surface area contributed by atoms with Gasteiger partial charge in [0.25, 0.3) is 5.56 Å². The molecule has 0 bridgehead atoms. The molecule has 0 spiro atoms. The molecule has 0 aliphatic heterocycles. The van der Waals surface area contributed by atoms with Gasteiger partial charge < -0.3 is 4.42 Å². The number of hydrogen-bond donors (Lipinski definition) is 0. The van der Waals surface area contributed by atoms with Crippen LogP contribution in [0, 0.1) is 13.8 Å². The van der Waals surface area contributed by atoms with Gasteiger partial charge in [-0.15, -0.1) is 0 Å². The molecule has 148 valence electrons. The first-order chi connectivity index (χ1) is 13.0. The lowest BCUT2D eigenvalue weighted by molar-refractivity contribution is 0.519. The summed E-state index contributed by atoms with van der Waals surface area (Å²) in [4.78, 5) is 30.0. The highest BCUT2D eigenvalue weighted by Gasteiger charge is 2.20. The van der Waals surface area contributed by atoms with E-state index >= 15 is 0 Å². The van der Waals surface area contributed by atoms with Crippen LogP contribution >= 0.6 is 0 Å². The predicted octanol–water partition coefficient (Wildman–Crippen LogP) is 3.70. The summed E-state index contributed by atoms with van der Waals surface area (Å²) in [5.41, 5.74) is 1.03. The molecule has 0 saturated heterocycles. The minimum Gasteiger partial charge on any atom is -0.428 e. The van der Waals surface area contributed by atoms with Gasteiger partial charge in [0.05, 0.1) is 5.69 Å². The Morgan fingerprint density at radius 2 is 1.59 bits per heavy atom. The monoisotopic (exact) mass is 374 g/mol. The van der Waals surface area contributed by atoms with E-state index in [1.807, 2.05) is 13.8 Å². The van der Waals surface area contributed by atoms with Crippen molar-refractivity contribution in [3.05, 3.63) is 32.3 Å². The number of imidazole rings is 1. The second-order valence-electron chi connectivity index (χ2n) is 7.42. The molecular formula is C20H30N4O3. The van der Waals surface area contributed by atoms with E-state index in [-0.39, 0.29) is 11.2 Å². The molecule has 3 rings (SSSR count). The third-order valence-electron chi connectivity index (χ3n) is 5.44. The number of hydrogen-bond acceptors (Lipinski definition) is 4. The Morgan fingerprint density at radius 1 is 0.963 bits per heavy atom. The van der Waals surface area contributed by atoms with Crippen molar-refractivity contribution in [2.45, 2.75) is 78.7 Å². The van der Waals surface area contributed by atoms with Crippen LogP contribution in [-0.4, -0.2) is 18.5 Å². The van der Waals surface area contributed by atoms with Crippen molar-refractivity contribution in [1.82, 2.24) is 18.5 Å². The summed E-state index contributed by atoms with van der Waals surface area (Å²) in [6.45, 7) is 6.40. The fourth-order valence-corrected chi connectivity index (χ4v) is 3.65. The quantitative estimate of drug-likeness (QED) is 0.535. The molecule has 0 atom stereocenters. The summed E-state index contributed by atoms with van der Waals surface area (Å²) in [5.74, 6) is 1.08. The van der Waals surface area contributed by atoms with Gasteiger partial charge >= 0.3 is 11.5 Å². The third kappa shape index (κ3) is 3.59. The van der Waals surface area contributed by atoms with Crippen LogP contribution in [0.2, 0.25) is 0 Å². The molecule has 3 aromatic rings. The molecule has 3 heterocycles. The maximum atomic E-state index is 13.0. The minimum atomic E-state index is -0.314. The van der Waals surface area contributed by atoms with Gasteiger partial charge in [-0.05, 0) is 20.3 Å². The number of aryl methyl sites for hydroxylation is 3. The van der Waals surface area contributed by atoms with Crippen molar-refractivity contribution in [1.29, 1.82) is 0 Å². The van der Waals surface area contributed by atoms with E-state index in [9.17, 15) is 9.59 Å². The fraction of sp³-hybridized carbons (Fsp3) is 0.650. The molecule has 0 amide bonds. The number of aromatic nitrogens is 4. The first kappa shape index (κ1) is 19.5. The molecule has 0 aromatic carbocycles. The highest BCUT2D eigenvalue weighted by Crippen LogP contribution is 2.19. The Balaban J connectivity index is 1.80. The van der Waals surface area contributed by atoms with Gasteiger partial charge in [0.1, 0.15) is 5.76 Å². The Bertz CT molecular complexity index is 1050. The number of nitrogens with zero attached hydrogens (tertiary/aromatic N) is 4. The summed E-state index contributed by atoms with van der Waals surface area (Å²) in [6.07, 6.45) is 9.37. The summed E-state index contributed by atoms with van der Waals surface area (Å²) >= 11 is 0. The van der Waals surface area contributed by atoms with Crippen molar-refractivity contribution >= 4 is 17.0 Å². The molecule has 0 aliphatic rings. The first-order valence-corrected chi connectivity index (χ1v) is 10.0. The normalized spacial score (nSPS) is 11.9. The summed E-state index contributed by atoms with van der Waals surface area (Å²) < 4.78 is 10.1. The van der Waals surface area contributed by atoms with Crippen LogP contribution in [0.3, 0.4) is 0 Å². The summed E-state index contributed by atoms with van der Waals surface area (Å²) in [6, 6.07) is 0. The van der Waals surface area contributed by atoms with Crippen molar-refractivity contribution in [2.24, 2.45) is 7.05 Å². The van der Waals surface area contributed by atoms with E-state index in [1.54, 1.807) is 11.4 Å². The average Bonchev–Trinajstić information content (AvgIpc) is 3.15. The molecule has 0 N–H and O–H groups in total. The van der Waals surface area contributed by atoms with Crippen LogP contribution in [0.5, 0.6) is 0 Å². The van der Waals surface area contributed by atoms with Crippen molar-refractivity contribution in [3.63, 3.8) is 0 Å². The zero-order chi connectivity index (χ0) is 19.6. The molecular weight excluding hydrogens is 344 g/mol. The minimum absolute atomic E-state index is 0.285. The van der Waals surface area contributed by atoms with Gasteiger partial charge in [0, 0.05) is 13.6 Å².